The molecule has 0 radical (unpaired) electrons. The molecule has 0 aliphatic carbocycles. The van der Waals surface area contributed by atoms with E-state index in [9.17, 15) is 4.39 Å². The van der Waals surface area contributed by atoms with Gasteiger partial charge < -0.3 is 9.88 Å². The van der Waals surface area contributed by atoms with Gasteiger partial charge in [0.25, 0.3) is 0 Å². The highest BCUT2D eigenvalue weighted by Gasteiger charge is 2.23. The van der Waals surface area contributed by atoms with Crippen molar-refractivity contribution in [1.82, 2.24) is 9.55 Å². The lowest BCUT2D eigenvalue weighted by molar-refractivity contribution is 0.605. The zero-order chi connectivity index (χ0) is 19.1. The van der Waals surface area contributed by atoms with Gasteiger partial charge in [0.1, 0.15) is 5.82 Å². The van der Waals surface area contributed by atoms with E-state index in [4.69, 9.17) is 4.98 Å². The topological polar surface area (TPSA) is 29.9 Å². The predicted molar refractivity (Wildman–Crippen MR) is 114 cm³/mol. The first-order valence-corrected chi connectivity index (χ1v) is 9.93. The van der Waals surface area contributed by atoms with Crippen LogP contribution in [0.25, 0.3) is 21.1 Å². The molecule has 2 aromatic heterocycles. The van der Waals surface area contributed by atoms with E-state index in [1.165, 1.54) is 6.07 Å². The lowest BCUT2D eigenvalue weighted by atomic mass is 9.98. The van der Waals surface area contributed by atoms with Crippen molar-refractivity contribution in [3.63, 3.8) is 0 Å². The lowest BCUT2D eigenvalue weighted by Crippen LogP contribution is -2.13. The Balaban J connectivity index is 1.67. The molecule has 0 aliphatic heterocycles. The summed E-state index contributed by atoms with van der Waals surface area (Å²) in [5.74, 6) is -0.228. The van der Waals surface area contributed by atoms with Crippen molar-refractivity contribution in [3.8, 4) is 0 Å². The van der Waals surface area contributed by atoms with Gasteiger partial charge >= 0.3 is 0 Å². The molecule has 28 heavy (non-hydrogen) atoms. The number of halogens is 1. The van der Waals surface area contributed by atoms with Gasteiger partial charge in [-0.1, -0.05) is 59.9 Å². The van der Waals surface area contributed by atoms with Crippen LogP contribution in [0, 0.1) is 5.82 Å². The van der Waals surface area contributed by atoms with Gasteiger partial charge in [0.15, 0.2) is 5.13 Å². The van der Waals surface area contributed by atoms with Crippen LogP contribution in [0.3, 0.4) is 0 Å². The Morgan fingerprint density at radius 2 is 1.68 bits per heavy atom. The van der Waals surface area contributed by atoms with Crippen molar-refractivity contribution in [2.24, 2.45) is 7.05 Å². The van der Waals surface area contributed by atoms with Crippen LogP contribution < -0.4 is 5.32 Å². The van der Waals surface area contributed by atoms with E-state index in [2.05, 4.69) is 28.2 Å². The van der Waals surface area contributed by atoms with E-state index in [1.54, 1.807) is 17.4 Å². The number of thiazole rings is 1. The molecule has 3 aromatic carbocycles. The summed E-state index contributed by atoms with van der Waals surface area (Å²) in [7, 11) is 2.02. The standard InChI is InChI=1S/C23H18FN3S/c1-27-14-17(15-8-3-6-12-20(15)27)22(16-9-2-4-10-18(16)24)26-23-25-19-11-5-7-13-21(19)28-23/h2-14,22H,1H3,(H,25,26). The Hall–Kier alpha value is -3.18. The average molecular weight is 387 g/mol. The molecule has 5 rings (SSSR count). The fourth-order valence-electron chi connectivity index (χ4n) is 3.69. The fraction of sp³-hybridized carbons (Fsp3) is 0.0870. The van der Waals surface area contributed by atoms with Gasteiger partial charge in [-0.15, -0.1) is 0 Å². The maximum atomic E-state index is 14.8. The molecule has 1 atom stereocenters. The number of para-hydroxylation sites is 2. The van der Waals surface area contributed by atoms with Crippen molar-refractivity contribution >= 4 is 37.6 Å². The first kappa shape index (κ1) is 17.0. The van der Waals surface area contributed by atoms with Crippen molar-refractivity contribution in [2.75, 3.05) is 5.32 Å². The maximum Gasteiger partial charge on any atom is 0.184 e. The van der Waals surface area contributed by atoms with E-state index < -0.39 is 0 Å². The first-order valence-electron chi connectivity index (χ1n) is 9.11. The summed E-state index contributed by atoms with van der Waals surface area (Å²) < 4.78 is 18.0. The number of anilines is 1. The third kappa shape index (κ3) is 2.84. The molecule has 0 amide bonds. The number of hydrogen-bond donors (Lipinski definition) is 1. The van der Waals surface area contributed by atoms with Gasteiger partial charge in [0.2, 0.25) is 0 Å². The van der Waals surface area contributed by atoms with E-state index in [0.29, 0.717) is 5.56 Å². The van der Waals surface area contributed by atoms with Crippen molar-refractivity contribution in [1.29, 1.82) is 0 Å². The number of fused-ring (bicyclic) bond motifs is 2. The van der Waals surface area contributed by atoms with Crippen molar-refractivity contribution in [2.45, 2.75) is 6.04 Å². The van der Waals surface area contributed by atoms with Crippen LogP contribution in [-0.2, 0) is 7.05 Å². The Morgan fingerprint density at radius 3 is 2.54 bits per heavy atom. The summed E-state index contributed by atoms with van der Waals surface area (Å²) in [6, 6.07) is 22.8. The molecule has 0 saturated heterocycles. The van der Waals surface area contributed by atoms with Crippen molar-refractivity contribution in [3.05, 3.63) is 95.9 Å². The normalized spacial score (nSPS) is 12.5. The Kier molecular flexibility index (Phi) is 4.10. The maximum absolute atomic E-state index is 14.8. The fourth-order valence-corrected chi connectivity index (χ4v) is 4.59. The second-order valence-corrected chi connectivity index (χ2v) is 7.83. The average Bonchev–Trinajstić information content (AvgIpc) is 3.28. The van der Waals surface area contributed by atoms with Crippen LogP contribution >= 0.6 is 11.3 Å². The highest BCUT2D eigenvalue weighted by molar-refractivity contribution is 7.22. The van der Waals surface area contributed by atoms with Gasteiger partial charge in [-0.25, -0.2) is 9.37 Å². The molecule has 0 saturated carbocycles. The van der Waals surface area contributed by atoms with Crippen LogP contribution in [0.5, 0.6) is 0 Å². The molecule has 0 bridgehead atoms. The van der Waals surface area contributed by atoms with Crippen LogP contribution in [-0.4, -0.2) is 9.55 Å². The number of rotatable bonds is 4. The number of nitrogens with one attached hydrogen (secondary N) is 1. The number of hydrogen-bond acceptors (Lipinski definition) is 3. The zero-order valence-electron chi connectivity index (χ0n) is 15.3. The van der Waals surface area contributed by atoms with Crippen LogP contribution in [0.4, 0.5) is 9.52 Å². The third-order valence-electron chi connectivity index (χ3n) is 5.02. The second kappa shape index (κ2) is 6.77. The smallest absolute Gasteiger partial charge is 0.184 e. The predicted octanol–water partition coefficient (Wildman–Crippen LogP) is 6.13. The Bertz CT molecular complexity index is 1250. The van der Waals surface area contributed by atoms with E-state index in [0.717, 1.165) is 31.8 Å². The third-order valence-corrected chi connectivity index (χ3v) is 5.98. The van der Waals surface area contributed by atoms with Crippen LogP contribution in [0.1, 0.15) is 17.2 Å². The summed E-state index contributed by atoms with van der Waals surface area (Å²) in [4.78, 5) is 4.70. The van der Waals surface area contributed by atoms with E-state index in [1.807, 2.05) is 55.6 Å². The number of aryl methyl sites for hydroxylation is 1. The highest BCUT2D eigenvalue weighted by Crippen LogP contribution is 2.36. The van der Waals surface area contributed by atoms with Crippen LogP contribution in [0.2, 0.25) is 0 Å². The van der Waals surface area contributed by atoms with Gasteiger partial charge in [-0.05, 0) is 24.3 Å². The SMILES string of the molecule is Cn1cc(C(Nc2nc3ccccc3s2)c2ccccc2F)c2ccccc21. The molecule has 0 aliphatic rings. The zero-order valence-corrected chi connectivity index (χ0v) is 16.1. The van der Waals surface area contributed by atoms with Gasteiger partial charge in [-0.3, -0.25) is 0 Å². The summed E-state index contributed by atoms with van der Waals surface area (Å²) in [5.41, 5.74) is 3.70. The minimum absolute atomic E-state index is 0.228. The molecule has 5 heteroatoms. The summed E-state index contributed by atoms with van der Waals surface area (Å²) in [6.07, 6.45) is 2.07. The molecule has 2 heterocycles. The molecule has 0 spiro atoms. The monoisotopic (exact) mass is 387 g/mol. The second-order valence-electron chi connectivity index (χ2n) is 6.80. The number of aromatic nitrogens is 2. The van der Waals surface area contributed by atoms with E-state index >= 15 is 0 Å². The molecule has 5 aromatic rings. The van der Waals surface area contributed by atoms with Gasteiger partial charge in [0, 0.05) is 35.3 Å². The van der Waals surface area contributed by atoms with Gasteiger partial charge in [-0.2, -0.15) is 0 Å². The molecule has 0 fully saturated rings. The van der Waals surface area contributed by atoms with Crippen molar-refractivity contribution < 1.29 is 4.39 Å². The minimum atomic E-state index is -0.340. The highest BCUT2D eigenvalue weighted by atomic mass is 32.1. The number of benzene rings is 3. The Labute approximate surface area is 166 Å². The molecular formula is C23H18FN3S. The summed E-state index contributed by atoms with van der Waals surface area (Å²) in [6.45, 7) is 0. The van der Waals surface area contributed by atoms with Gasteiger partial charge in [0.05, 0.1) is 16.3 Å². The molecule has 1 N–H and O–H groups in total. The molecule has 138 valence electrons. The van der Waals surface area contributed by atoms with E-state index in [-0.39, 0.29) is 11.9 Å². The van der Waals surface area contributed by atoms with Crippen LogP contribution in [0.15, 0.2) is 79.0 Å². The lowest BCUT2D eigenvalue weighted by Gasteiger charge is -2.19. The quantitative estimate of drug-likeness (QED) is 0.402. The Morgan fingerprint density at radius 1 is 0.929 bits per heavy atom. The minimum Gasteiger partial charge on any atom is -0.350 e. The molecular weight excluding hydrogens is 369 g/mol. The summed E-state index contributed by atoms with van der Waals surface area (Å²) >= 11 is 1.58. The summed E-state index contributed by atoms with van der Waals surface area (Å²) in [5, 5.41) is 5.38. The first-order chi connectivity index (χ1) is 13.7. The molecule has 1 unspecified atom stereocenters. The largest absolute Gasteiger partial charge is 0.350 e. The number of nitrogens with zero attached hydrogens (tertiary/aromatic N) is 2. The molecule has 3 nitrogen and oxygen atoms in total.